The number of carbonyl (C=O) groups is 3. The van der Waals surface area contributed by atoms with E-state index in [1.165, 1.54) is 19.4 Å². The summed E-state index contributed by atoms with van der Waals surface area (Å²) in [7, 11) is 1.43. The van der Waals surface area contributed by atoms with E-state index in [-0.39, 0.29) is 13.2 Å². The second-order valence-corrected chi connectivity index (χ2v) is 4.36. The average Bonchev–Trinajstić information content (AvgIpc) is 2.57. The zero-order chi connectivity index (χ0) is 17.9. The van der Waals surface area contributed by atoms with Gasteiger partial charge in [0.25, 0.3) is 5.91 Å². The van der Waals surface area contributed by atoms with Crippen molar-refractivity contribution in [3.8, 4) is 11.5 Å². The summed E-state index contributed by atoms with van der Waals surface area (Å²) >= 11 is 0. The Balaban J connectivity index is 2.67. The van der Waals surface area contributed by atoms with Crippen LogP contribution >= 0.6 is 0 Å². The highest BCUT2D eigenvalue weighted by atomic mass is 16.5. The van der Waals surface area contributed by atoms with Crippen LogP contribution in [0, 0.1) is 0 Å². The summed E-state index contributed by atoms with van der Waals surface area (Å²) in [6, 6.07) is 4.75. The first-order chi connectivity index (χ1) is 11.5. The quantitative estimate of drug-likeness (QED) is 0.251. The molecule has 0 saturated carbocycles. The maximum absolute atomic E-state index is 11.4. The van der Waals surface area contributed by atoms with Gasteiger partial charge in [0.1, 0.15) is 0 Å². The molecule has 0 unspecified atom stereocenters. The Hall–Kier alpha value is -3.36. The molecule has 0 atom stereocenters. The molecule has 0 aliphatic carbocycles. The monoisotopic (exact) mass is 334 g/mol. The highest BCUT2D eigenvalue weighted by Gasteiger charge is 2.11. The first-order valence-electron chi connectivity index (χ1n) is 6.79. The Bertz CT molecular complexity index is 657. The predicted octanol–water partition coefficient (Wildman–Crippen LogP) is -0.688. The molecule has 0 spiro atoms. The summed E-state index contributed by atoms with van der Waals surface area (Å²) in [5, 5.41) is 5.98. The van der Waals surface area contributed by atoms with E-state index in [0.29, 0.717) is 17.1 Å². The molecule has 0 aliphatic heterocycles. The van der Waals surface area contributed by atoms with Crippen molar-refractivity contribution in [2.24, 2.45) is 10.8 Å². The molecule has 0 bridgehead atoms. The van der Waals surface area contributed by atoms with Crippen LogP contribution in [0.5, 0.6) is 11.5 Å². The second kappa shape index (κ2) is 9.62. The van der Waals surface area contributed by atoms with E-state index in [2.05, 4.69) is 22.4 Å². The lowest BCUT2D eigenvalue weighted by atomic mass is 10.2. The van der Waals surface area contributed by atoms with Gasteiger partial charge in [-0.3, -0.25) is 14.4 Å². The summed E-state index contributed by atoms with van der Waals surface area (Å²) in [5.41, 5.74) is 7.66. The van der Waals surface area contributed by atoms with Crippen LogP contribution in [0.1, 0.15) is 5.56 Å². The Morgan fingerprint density at radius 2 is 2.04 bits per heavy atom. The van der Waals surface area contributed by atoms with Gasteiger partial charge >= 0.3 is 11.8 Å². The van der Waals surface area contributed by atoms with Crippen molar-refractivity contribution in [1.82, 2.24) is 10.7 Å². The molecule has 0 heterocycles. The van der Waals surface area contributed by atoms with Gasteiger partial charge in [0.2, 0.25) is 0 Å². The number of hydrazone groups is 1. The minimum atomic E-state index is -0.901. The normalized spacial score (nSPS) is 10.0. The fourth-order valence-corrected chi connectivity index (χ4v) is 1.49. The minimum Gasteiger partial charge on any atom is -0.493 e. The van der Waals surface area contributed by atoms with Gasteiger partial charge < -0.3 is 20.5 Å². The molecule has 1 aromatic carbocycles. The number of ether oxygens (including phenoxy) is 2. The number of amides is 3. The predicted molar refractivity (Wildman–Crippen MR) is 86.6 cm³/mol. The highest BCUT2D eigenvalue weighted by Crippen LogP contribution is 2.27. The third kappa shape index (κ3) is 6.18. The van der Waals surface area contributed by atoms with E-state index in [4.69, 9.17) is 15.2 Å². The van der Waals surface area contributed by atoms with E-state index in [1.807, 2.05) is 0 Å². The molecule has 9 nitrogen and oxygen atoms in total. The molecule has 0 aliphatic rings. The van der Waals surface area contributed by atoms with Gasteiger partial charge in [-0.1, -0.05) is 6.08 Å². The molecule has 1 aromatic rings. The topological polar surface area (TPSA) is 132 Å². The van der Waals surface area contributed by atoms with Crippen molar-refractivity contribution in [3.05, 3.63) is 36.4 Å². The van der Waals surface area contributed by atoms with E-state index < -0.39 is 17.7 Å². The van der Waals surface area contributed by atoms with E-state index in [9.17, 15) is 14.4 Å². The Labute approximate surface area is 138 Å². The lowest BCUT2D eigenvalue weighted by Gasteiger charge is -2.09. The number of primary amides is 1. The van der Waals surface area contributed by atoms with Gasteiger partial charge in [-0.2, -0.15) is 5.10 Å². The number of carbonyl (C=O) groups excluding carboxylic acids is 3. The maximum atomic E-state index is 11.4. The van der Waals surface area contributed by atoms with Gasteiger partial charge in [0.15, 0.2) is 18.1 Å². The summed E-state index contributed by atoms with van der Waals surface area (Å²) in [4.78, 5) is 33.4. The van der Waals surface area contributed by atoms with Crippen LogP contribution in [0.4, 0.5) is 0 Å². The largest absolute Gasteiger partial charge is 0.493 e. The molecule has 3 amide bonds. The fourth-order valence-electron chi connectivity index (χ4n) is 1.49. The molecule has 0 fully saturated rings. The number of benzene rings is 1. The summed E-state index contributed by atoms with van der Waals surface area (Å²) < 4.78 is 10.3. The third-order valence-electron chi connectivity index (χ3n) is 2.55. The molecule has 0 radical (unpaired) electrons. The first kappa shape index (κ1) is 18.7. The SMILES string of the molecule is C=CCNC(=O)C(=O)N/N=C\c1ccc(OCC(N)=O)c(OC)c1. The van der Waals surface area contributed by atoms with E-state index >= 15 is 0 Å². The molecular formula is C15H18N4O5. The van der Waals surface area contributed by atoms with Crippen molar-refractivity contribution in [2.75, 3.05) is 20.3 Å². The molecule has 24 heavy (non-hydrogen) atoms. The number of methoxy groups -OCH3 is 1. The van der Waals surface area contributed by atoms with Crippen molar-refractivity contribution in [3.63, 3.8) is 0 Å². The fraction of sp³-hybridized carbons (Fsp3) is 0.200. The first-order valence-corrected chi connectivity index (χ1v) is 6.79. The zero-order valence-corrected chi connectivity index (χ0v) is 13.1. The average molecular weight is 334 g/mol. The number of nitrogens with zero attached hydrogens (tertiary/aromatic N) is 1. The van der Waals surface area contributed by atoms with Crippen molar-refractivity contribution in [2.45, 2.75) is 0 Å². The van der Waals surface area contributed by atoms with Crippen LogP contribution < -0.4 is 25.9 Å². The van der Waals surface area contributed by atoms with Crippen LogP contribution in [0.25, 0.3) is 0 Å². The van der Waals surface area contributed by atoms with Gasteiger partial charge in [-0.05, 0) is 23.8 Å². The standard InChI is InChI=1S/C15H18N4O5/c1-3-6-17-14(21)15(22)19-18-8-10-4-5-11(12(7-10)23-2)24-9-13(16)20/h3-5,7-8H,1,6,9H2,2H3,(H2,16,20)(H,17,21)(H,19,22)/b18-8-. The third-order valence-corrected chi connectivity index (χ3v) is 2.55. The van der Waals surface area contributed by atoms with Crippen molar-refractivity contribution < 1.29 is 23.9 Å². The molecule has 4 N–H and O–H groups in total. The number of nitrogens with one attached hydrogen (secondary N) is 2. The van der Waals surface area contributed by atoms with Crippen LogP contribution in [-0.2, 0) is 14.4 Å². The molecule has 0 saturated heterocycles. The summed E-state index contributed by atoms with van der Waals surface area (Å²) in [5.74, 6) is -1.64. The number of hydrogen-bond acceptors (Lipinski definition) is 6. The second-order valence-electron chi connectivity index (χ2n) is 4.36. The Morgan fingerprint density at radius 1 is 1.29 bits per heavy atom. The molecule has 128 valence electrons. The maximum Gasteiger partial charge on any atom is 0.329 e. The van der Waals surface area contributed by atoms with Crippen LogP contribution in [0.15, 0.2) is 36.0 Å². The van der Waals surface area contributed by atoms with Gasteiger partial charge in [0.05, 0.1) is 13.3 Å². The number of hydrogen-bond donors (Lipinski definition) is 3. The van der Waals surface area contributed by atoms with Crippen molar-refractivity contribution in [1.29, 1.82) is 0 Å². The highest BCUT2D eigenvalue weighted by molar-refractivity contribution is 6.35. The molecule has 0 aromatic heterocycles. The van der Waals surface area contributed by atoms with Crippen LogP contribution in [-0.4, -0.2) is 44.2 Å². The number of nitrogens with two attached hydrogens (primary N) is 1. The molecular weight excluding hydrogens is 316 g/mol. The minimum absolute atomic E-state index is 0.180. The van der Waals surface area contributed by atoms with Gasteiger partial charge in [-0.15, -0.1) is 6.58 Å². The Kier molecular flexibility index (Phi) is 7.49. The summed E-state index contributed by atoms with van der Waals surface area (Å²) in [6.45, 7) is 3.32. The Morgan fingerprint density at radius 3 is 2.67 bits per heavy atom. The lowest BCUT2D eigenvalue weighted by Crippen LogP contribution is -2.37. The number of rotatable bonds is 8. The van der Waals surface area contributed by atoms with Crippen LogP contribution in [0.3, 0.4) is 0 Å². The van der Waals surface area contributed by atoms with Gasteiger partial charge in [0, 0.05) is 6.54 Å². The van der Waals surface area contributed by atoms with Crippen molar-refractivity contribution >= 4 is 23.9 Å². The van der Waals surface area contributed by atoms with Gasteiger partial charge in [-0.25, -0.2) is 5.43 Å². The summed E-state index contributed by atoms with van der Waals surface area (Å²) in [6.07, 6.45) is 2.77. The van der Waals surface area contributed by atoms with Crippen LogP contribution in [0.2, 0.25) is 0 Å². The molecule has 1 rings (SSSR count). The zero-order valence-electron chi connectivity index (χ0n) is 13.1. The lowest BCUT2D eigenvalue weighted by molar-refractivity contribution is -0.139. The van der Waals surface area contributed by atoms with E-state index in [1.54, 1.807) is 18.2 Å². The van der Waals surface area contributed by atoms with E-state index in [0.717, 1.165) is 0 Å². The molecule has 9 heteroatoms. The smallest absolute Gasteiger partial charge is 0.329 e.